The smallest absolute Gasteiger partial charge is 0.130 e. The summed E-state index contributed by atoms with van der Waals surface area (Å²) in [4.78, 5) is 10.8. The molecule has 23 heavy (non-hydrogen) atoms. The van der Waals surface area contributed by atoms with Crippen LogP contribution in [0.3, 0.4) is 0 Å². The summed E-state index contributed by atoms with van der Waals surface area (Å²) in [5.41, 5.74) is 2.24. The molecular formula is C17H19F2N3O. The van der Waals surface area contributed by atoms with Gasteiger partial charge in [-0.25, -0.2) is 18.7 Å². The van der Waals surface area contributed by atoms with Gasteiger partial charge in [-0.05, 0) is 26.0 Å². The molecule has 1 aromatic carbocycles. The van der Waals surface area contributed by atoms with Crippen LogP contribution in [0.2, 0.25) is 0 Å². The summed E-state index contributed by atoms with van der Waals surface area (Å²) in [6.45, 7) is 6.07. The molecule has 0 bridgehead atoms. The number of benzene rings is 1. The number of rotatable bonds is 3. The first-order chi connectivity index (χ1) is 11.0. The van der Waals surface area contributed by atoms with E-state index < -0.39 is 11.6 Å². The molecule has 2 heterocycles. The Morgan fingerprint density at radius 3 is 2.78 bits per heavy atom. The SMILES string of the molecule is Cc1cc([C@H]2CN(Cc3ccc(F)cc3F)CCO2)nc(C)n1. The van der Waals surface area contributed by atoms with Gasteiger partial charge in [-0.3, -0.25) is 4.90 Å². The fourth-order valence-electron chi connectivity index (χ4n) is 2.83. The van der Waals surface area contributed by atoms with Crippen LogP contribution < -0.4 is 0 Å². The third kappa shape index (κ3) is 3.89. The van der Waals surface area contributed by atoms with Gasteiger partial charge in [0.15, 0.2) is 0 Å². The van der Waals surface area contributed by atoms with E-state index in [-0.39, 0.29) is 6.10 Å². The van der Waals surface area contributed by atoms with Gasteiger partial charge in [-0.2, -0.15) is 0 Å². The maximum Gasteiger partial charge on any atom is 0.130 e. The normalized spacial score (nSPS) is 19.0. The Hall–Kier alpha value is -1.92. The van der Waals surface area contributed by atoms with Crippen LogP contribution in [-0.2, 0) is 11.3 Å². The Bertz CT molecular complexity index is 688. The zero-order valence-electron chi connectivity index (χ0n) is 13.2. The molecular weight excluding hydrogens is 300 g/mol. The van der Waals surface area contributed by atoms with Gasteiger partial charge in [0.2, 0.25) is 0 Å². The van der Waals surface area contributed by atoms with Crippen molar-refractivity contribution in [3.8, 4) is 0 Å². The van der Waals surface area contributed by atoms with Crippen molar-refractivity contribution in [1.29, 1.82) is 0 Å². The summed E-state index contributed by atoms with van der Waals surface area (Å²) >= 11 is 0. The minimum atomic E-state index is -0.557. The topological polar surface area (TPSA) is 38.2 Å². The molecule has 1 saturated heterocycles. The molecule has 122 valence electrons. The van der Waals surface area contributed by atoms with E-state index in [1.165, 1.54) is 12.1 Å². The molecule has 1 aliphatic heterocycles. The molecule has 0 amide bonds. The van der Waals surface area contributed by atoms with Crippen LogP contribution in [0.15, 0.2) is 24.3 Å². The predicted octanol–water partition coefficient (Wildman–Crippen LogP) is 2.95. The van der Waals surface area contributed by atoms with E-state index >= 15 is 0 Å². The average molecular weight is 319 g/mol. The molecule has 1 aromatic heterocycles. The zero-order valence-corrected chi connectivity index (χ0v) is 13.2. The average Bonchev–Trinajstić information content (AvgIpc) is 2.49. The number of hydrogen-bond donors (Lipinski definition) is 0. The van der Waals surface area contributed by atoms with Gasteiger partial charge >= 0.3 is 0 Å². The molecule has 1 fully saturated rings. The quantitative estimate of drug-likeness (QED) is 0.872. The highest BCUT2D eigenvalue weighted by Crippen LogP contribution is 2.23. The molecule has 0 N–H and O–H groups in total. The molecule has 0 spiro atoms. The highest BCUT2D eigenvalue weighted by atomic mass is 19.1. The number of morpholine rings is 1. The van der Waals surface area contributed by atoms with Crippen molar-refractivity contribution in [3.63, 3.8) is 0 Å². The van der Waals surface area contributed by atoms with Crippen molar-refractivity contribution >= 4 is 0 Å². The second kappa shape index (κ2) is 6.68. The molecule has 0 radical (unpaired) electrons. The van der Waals surface area contributed by atoms with E-state index in [4.69, 9.17) is 4.74 Å². The molecule has 1 aliphatic rings. The third-order valence-electron chi connectivity index (χ3n) is 3.88. The Morgan fingerprint density at radius 2 is 2.04 bits per heavy atom. The van der Waals surface area contributed by atoms with Gasteiger partial charge in [0.1, 0.15) is 23.6 Å². The van der Waals surface area contributed by atoms with Crippen LogP contribution in [0.4, 0.5) is 8.78 Å². The number of ether oxygens (including phenoxy) is 1. The molecule has 1 atom stereocenters. The van der Waals surface area contributed by atoms with Gasteiger partial charge in [0.25, 0.3) is 0 Å². The first-order valence-electron chi connectivity index (χ1n) is 7.61. The summed E-state index contributed by atoms with van der Waals surface area (Å²) < 4.78 is 32.6. The minimum Gasteiger partial charge on any atom is -0.369 e. The number of nitrogens with zero attached hydrogens (tertiary/aromatic N) is 3. The largest absolute Gasteiger partial charge is 0.369 e. The third-order valence-corrected chi connectivity index (χ3v) is 3.88. The minimum absolute atomic E-state index is 0.160. The lowest BCUT2D eigenvalue weighted by molar-refractivity contribution is -0.0354. The fourth-order valence-corrected chi connectivity index (χ4v) is 2.83. The highest BCUT2D eigenvalue weighted by Gasteiger charge is 2.24. The van der Waals surface area contributed by atoms with Crippen LogP contribution in [0.1, 0.15) is 28.9 Å². The van der Waals surface area contributed by atoms with Gasteiger partial charge in [-0.15, -0.1) is 0 Å². The predicted molar refractivity (Wildman–Crippen MR) is 81.8 cm³/mol. The monoisotopic (exact) mass is 319 g/mol. The Kier molecular flexibility index (Phi) is 4.63. The molecule has 6 heteroatoms. The van der Waals surface area contributed by atoms with E-state index in [0.717, 1.165) is 17.5 Å². The summed E-state index contributed by atoms with van der Waals surface area (Å²) in [7, 11) is 0. The fraction of sp³-hybridized carbons (Fsp3) is 0.412. The summed E-state index contributed by atoms with van der Waals surface area (Å²) in [6.07, 6.45) is -0.160. The molecule has 0 unspecified atom stereocenters. The Morgan fingerprint density at radius 1 is 1.22 bits per heavy atom. The van der Waals surface area contributed by atoms with Crippen molar-refractivity contribution in [3.05, 3.63) is 58.7 Å². The number of hydrogen-bond acceptors (Lipinski definition) is 4. The summed E-state index contributed by atoms with van der Waals surface area (Å²) in [5, 5.41) is 0. The Labute approximate surface area is 134 Å². The lowest BCUT2D eigenvalue weighted by atomic mass is 10.1. The number of aromatic nitrogens is 2. The van der Waals surface area contributed by atoms with Crippen molar-refractivity contribution < 1.29 is 13.5 Å². The van der Waals surface area contributed by atoms with Crippen molar-refractivity contribution in [2.24, 2.45) is 0 Å². The molecule has 0 aliphatic carbocycles. The lowest BCUT2D eigenvalue weighted by Crippen LogP contribution is -2.38. The highest BCUT2D eigenvalue weighted by molar-refractivity contribution is 5.19. The number of aryl methyl sites for hydroxylation is 2. The van der Waals surface area contributed by atoms with Gasteiger partial charge in [-0.1, -0.05) is 6.07 Å². The molecule has 0 saturated carbocycles. The first-order valence-corrected chi connectivity index (χ1v) is 7.61. The van der Waals surface area contributed by atoms with Crippen LogP contribution >= 0.6 is 0 Å². The second-order valence-corrected chi connectivity index (χ2v) is 5.81. The van der Waals surface area contributed by atoms with Gasteiger partial charge in [0, 0.05) is 37.0 Å². The number of halogens is 2. The molecule has 3 rings (SSSR count). The standard InChI is InChI=1S/C17H19F2N3O/c1-11-7-16(21-12(2)20-11)17-10-22(5-6-23-17)9-13-3-4-14(18)8-15(13)19/h3-4,7-8,17H,5-6,9-10H2,1-2H3/t17-/m1/s1. The van der Waals surface area contributed by atoms with Crippen LogP contribution in [0.5, 0.6) is 0 Å². The maximum absolute atomic E-state index is 13.8. The summed E-state index contributed by atoms with van der Waals surface area (Å²) in [6, 6.07) is 5.62. The molecule has 4 nitrogen and oxygen atoms in total. The van der Waals surface area contributed by atoms with E-state index in [9.17, 15) is 8.78 Å². The van der Waals surface area contributed by atoms with E-state index in [1.54, 1.807) is 0 Å². The maximum atomic E-state index is 13.8. The van der Waals surface area contributed by atoms with Crippen LogP contribution in [0, 0.1) is 25.5 Å². The van der Waals surface area contributed by atoms with Gasteiger partial charge in [0.05, 0.1) is 12.3 Å². The van der Waals surface area contributed by atoms with Crippen LogP contribution in [-0.4, -0.2) is 34.6 Å². The van der Waals surface area contributed by atoms with Crippen molar-refractivity contribution in [2.75, 3.05) is 19.7 Å². The first kappa shape index (κ1) is 16.0. The summed E-state index contributed by atoms with van der Waals surface area (Å²) in [5.74, 6) is -0.356. The van der Waals surface area contributed by atoms with Gasteiger partial charge < -0.3 is 4.74 Å². The van der Waals surface area contributed by atoms with Crippen molar-refractivity contribution in [2.45, 2.75) is 26.5 Å². The van der Waals surface area contributed by atoms with E-state index in [1.807, 2.05) is 19.9 Å². The van der Waals surface area contributed by atoms with Crippen molar-refractivity contribution in [1.82, 2.24) is 14.9 Å². The second-order valence-electron chi connectivity index (χ2n) is 5.81. The van der Waals surface area contributed by atoms with Crippen LogP contribution in [0.25, 0.3) is 0 Å². The zero-order chi connectivity index (χ0) is 16.4. The lowest BCUT2D eigenvalue weighted by Gasteiger charge is -2.32. The Balaban J connectivity index is 1.73. The molecule has 2 aromatic rings. The van der Waals surface area contributed by atoms with E-state index in [0.29, 0.717) is 37.6 Å². The van der Waals surface area contributed by atoms with E-state index in [2.05, 4.69) is 14.9 Å².